The molecule has 4 nitrogen and oxygen atoms in total. The van der Waals surface area contributed by atoms with Crippen molar-refractivity contribution in [2.45, 2.75) is 39.8 Å². The van der Waals surface area contributed by atoms with Crippen LogP contribution in [-0.2, 0) is 14.3 Å². The average Bonchev–Trinajstić information content (AvgIpc) is 2.21. The summed E-state index contributed by atoms with van der Waals surface area (Å²) in [5.41, 5.74) is 0. The molecule has 108 valence electrons. The Morgan fingerprint density at radius 3 is 2.00 bits per heavy atom. The highest BCUT2D eigenvalue weighted by molar-refractivity contribution is 5.81. The van der Waals surface area contributed by atoms with Gasteiger partial charge in [0.25, 0.3) is 0 Å². The molecule has 18 heavy (non-hydrogen) atoms. The van der Waals surface area contributed by atoms with Crippen molar-refractivity contribution >= 4 is 11.9 Å². The van der Waals surface area contributed by atoms with E-state index in [2.05, 4.69) is 25.5 Å². The summed E-state index contributed by atoms with van der Waals surface area (Å²) in [6.45, 7) is 6.09. The molecule has 0 aromatic rings. The van der Waals surface area contributed by atoms with Gasteiger partial charge < -0.3 is 10.1 Å². The van der Waals surface area contributed by atoms with Gasteiger partial charge in [-0.05, 0) is 5.92 Å². The summed E-state index contributed by atoms with van der Waals surface area (Å²) in [7, 11) is 1.12. The number of halogens is 3. The van der Waals surface area contributed by atoms with Gasteiger partial charge in [-0.1, -0.05) is 20.8 Å². The smallest absolute Gasteiger partial charge is 0.389 e. The predicted octanol–water partition coefficient (Wildman–Crippen LogP) is 2.28. The van der Waals surface area contributed by atoms with Crippen LogP contribution < -0.4 is 5.32 Å². The molecule has 1 N–H and O–H groups in total. The second-order valence-corrected chi connectivity index (χ2v) is 4.20. The van der Waals surface area contributed by atoms with Crippen LogP contribution in [0.2, 0.25) is 0 Å². The van der Waals surface area contributed by atoms with Crippen molar-refractivity contribution in [3.63, 3.8) is 0 Å². The Labute approximate surface area is 105 Å². The van der Waals surface area contributed by atoms with E-state index in [4.69, 9.17) is 0 Å². The van der Waals surface area contributed by atoms with E-state index in [0.29, 0.717) is 0 Å². The summed E-state index contributed by atoms with van der Waals surface area (Å²) < 4.78 is 39.0. The Morgan fingerprint density at radius 1 is 1.22 bits per heavy atom. The number of hydrogen-bond acceptors (Lipinski definition) is 3. The number of amides is 1. The number of ether oxygens (including phenoxy) is 1. The standard InChI is InChI=1S/C7H10F3NO3.C4H10/c1-14-6(13)4-11-5(12)2-3-7(8,9)10;1-4(2)3/h2-4H2,1H3,(H,11,12);4H,1-3H3. The first-order valence-corrected chi connectivity index (χ1v) is 5.48. The second kappa shape index (κ2) is 9.73. The van der Waals surface area contributed by atoms with Crippen LogP contribution in [0.25, 0.3) is 0 Å². The highest BCUT2D eigenvalue weighted by Crippen LogP contribution is 2.20. The van der Waals surface area contributed by atoms with E-state index in [1.807, 2.05) is 5.32 Å². The number of carbonyl (C=O) groups is 2. The average molecular weight is 271 g/mol. The van der Waals surface area contributed by atoms with Gasteiger partial charge in [0.05, 0.1) is 13.5 Å². The molecule has 0 unspecified atom stereocenters. The lowest BCUT2D eigenvalue weighted by atomic mass is 10.3. The monoisotopic (exact) mass is 271 g/mol. The third-order valence-corrected chi connectivity index (χ3v) is 1.29. The number of methoxy groups -OCH3 is 1. The van der Waals surface area contributed by atoms with Gasteiger partial charge in [0, 0.05) is 6.42 Å². The number of esters is 1. The summed E-state index contributed by atoms with van der Waals surface area (Å²) in [5, 5.41) is 1.99. The van der Waals surface area contributed by atoms with E-state index in [-0.39, 0.29) is 0 Å². The van der Waals surface area contributed by atoms with Gasteiger partial charge in [0.1, 0.15) is 6.54 Å². The van der Waals surface area contributed by atoms with E-state index in [9.17, 15) is 22.8 Å². The van der Waals surface area contributed by atoms with Crippen molar-refractivity contribution in [3.05, 3.63) is 0 Å². The van der Waals surface area contributed by atoms with Gasteiger partial charge in [-0.15, -0.1) is 0 Å². The summed E-state index contributed by atoms with van der Waals surface area (Å²) >= 11 is 0. The molecule has 0 heterocycles. The minimum Gasteiger partial charge on any atom is -0.468 e. The molecular formula is C11H20F3NO3. The summed E-state index contributed by atoms with van der Waals surface area (Å²) in [6.07, 6.45) is -6.23. The minimum atomic E-state index is -4.36. The Kier molecular flexibility index (Phi) is 10.3. The molecule has 0 bridgehead atoms. The van der Waals surface area contributed by atoms with Gasteiger partial charge in [0.2, 0.25) is 5.91 Å². The normalized spacial score (nSPS) is 10.4. The first kappa shape index (κ1) is 19.1. The van der Waals surface area contributed by atoms with Crippen molar-refractivity contribution in [2.24, 2.45) is 5.92 Å². The summed E-state index contributed by atoms with van der Waals surface area (Å²) in [5.74, 6) is -0.696. The molecule has 1 amide bonds. The molecular weight excluding hydrogens is 251 g/mol. The van der Waals surface area contributed by atoms with Crippen LogP contribution in [0.5, 0.6) is 0 Å². The third kappa shape index (κ3) is 20.2. The van der Waals surface area contributed by atoms with E-state index < -0.39 is 37.4 Å². The van der Waals surface area contributed by atoms with Crippen LogP contribution in [0.15, 0.2) is 0 Å². The fraction of sp³-hybridized carbons (Fsp3) is 0.818. The quantitative estimate of drug-likeness (QED) is 0.798. The Bertz CT molecular complexity index is 250. The molecule has 7 heteroatoms. The molecule has 0 aliphatic heterocycles. The maximum Gasteiger partial charge on any atom is 0.389 e. The zero-order chi connectivity index (χ0) is 14.8. The van der Waals surface area contributed by atoms with Crippen molar-refractivity contribution in [1.29, 1.82) is 0 Å². The van der Waals surface area contributed by atoms with Gasteiger partial charge in [-0.25, -0.2) is 0 Å². The van der Waals surface area contributed by atoms with Crippen LogP contribution >= 0.6 is 0 Å². The molecule has 0 saturated carbocycles. The number of hydrogen-bond donors (Lipinski definition) is 1. The Morgan fingerprint density at radius 2 is 1.67 bits per heavy atom. The van der Waals surface area contributed by atoms with Gasteiger partial charge >= 0.3 is 12.1 Å². The lowest BCUT2D eigenvalue weighted by molar-refractivity contribution is -0.145. The van der Waals surface area contributed by atoms with Crippen molar-refractivity contribution in [3.8, 4) is 0 Å². The van der Waals surface area contributed by atoms with E-state index in [0.717, 1.165) is 13.0 Å². The highest BCUT2D eigenvalue weighted by atomic mass is 19.4. The van der Waals surface area contributed by atoms with Crippen LogP contribution in [0, 0.1) is 5.92 Å². The first-order chi connectivity index (χ1) is 8.08. The van der Waals surface area contributed by atoms with E-state index in [1.165, 1.54) is 0 Å². The molecule has 0 saturated heterocycles. The number of alkyl halides is 3. The van der Waals surface area contributed by atoms with Crippen LogP contribution in [0.4, 0.5) is 13.2 Å². The Hall–Kier alpha value is -1.27. The Balaban J connectivity index is 0. The fourth-order valence-corrected chi connectivity index (χ4v) is 0.587. The van der Waals surface area contributed by atoms with E-state index >= 15 is 0 Å². The SMILES string of the molecule is CC(C)C.COC(=O)CNC(=O)CCC(F)(F)F. The highest BCUT2D eigenvalue weighted by Gasteiger charge is 2.27. The van der Waals surface area contributed by atoms with Crippen LogP contribution in [0.1, 0.15) is 33.6 Å². The molecule has 0 fully saturated rings. The zero-order valence-electron chi connectivity index (χ0n) is 11.1. The van der Waals surface area contributed by atoms with Gasteiger partial charge in [-0.2, -0.15) is 13.2 Å². The molecule has 0 atom stereocenters. The molecule has 0 aliphatic carbocycles. The predicted molar refractivity (Wildman–Crippen MR) is 60.8 cm³/mol. The molecule has 0 aromatic carbocycles. The van der Waals surface area contributed by atoms with Crippen molar-refractivity contribution in [2.75, 3.05) is 13.7 Å². The number of rotatable bonds is 4. The number of nitrogens with one attached hydrogen (secondary N) is 1. The van der Waals surface area contributed by atoms with Gasteiger partial charge in [-0.3, -0.25) is 9.59 Å². The largest absolute Gasteiger partial charge is 0.468 e. The lowest BCUT2D eigenvalue weighted by Gasteiger charge is -2.06. The van der Waals surface area contributed by atoms with Gasteiger partial charge in [0.15, 0.2) is 0 Å². The zero-order valence-corrected chi connectivity index (χ0v) is 11.1. The summed E-state index contributed by atoms with van der Waals surface area (Å²) in [6, 6.07) is 0. The van der Waals surface area contributed by atoms with E-state index in [1.54, 1.807) is 0 Å². The maximum atomic E-state index is 11.6. The topological polar surface area (TPSA) is 55.4 Å². The maximum absolute atomic E-state index is 11.6. The van der Waals surface area contributed by atoms with Crippen molar-refractivity contribution < 1.29 is 27.5 Å². The van der Waals surface area contributed by atoms with Crippen LogP contribution in [-0.4, -0.2) is 31.7 Å². The molecule has 0 aromatic heterocycles. The molecule has 0 rings (SSSR count). The fourth-order valence-electron chi connectivity index (χ4n) is 0.587. The lowest BCUT2D eigenvalue weighted by Crippen LogP contribution is -2.30. The third-order valence-electron chi connectivity index (χ3n) is 1.29. The number of carbonyl (C=O) groups excluding carboxylic acids is 2. The minimum absolute atomic E-state index is 0.410. The first-order valence-electron chi connectivity index (χ1n) is 5.48. The molecule has 0 spiro atoms. The second-order valence-electron chi connectivity index (χ2n) is 4.20. The molecule has 0 aliphatic rings. The van der Waals surface area contributed by atoms with Crippen molar-refractivity contribution in [1.82, 2.24) is 5.32 Å². The summed E-state index contributed by atoms with van der Waals surface area (Å²) in [4.78, 5) is 21.1. The van der Waals surface area contributed by atoms with Crippen LogP contribution in [0.3, 0.4) is 0 Å². The molecule has 0 radical (unpaired) electrons.